The molecule has 32 heavy (non-hydrogen) atoms. The van der Waals surface area contributed by atoms with E-state index in [4.69, 9.17) is 11.6 Å². The van der Waals surface area contributed by atoms with Crippen molar-refractivity contribution in [3.05, 3.63) is 58.6 Å². The Labute approximate surface area is 195 Å². The smallest absolute Gasteiger partial charge is 0.264 e. The van der Waals surface area contributed by atoms with Crippen molar-refractivity contribution in [3.8, 4) is 0 Å². The lowest BCUT2D eigenvalue weighted by atomic mass is 10.0. The molecule has 2 aliphatic heterocycles. The van der Waals surface area contributed by atoms with Gasteiger partial charge in [-0.25, -0.2) is 8.42 Å². The van der Waals surface area contributed by atoms with Gasteiger partial charge in [0.05, 0.1) is 21.2 Å². The molecule has 0 spiro atoms. The van der Waals surface area contributed by atoms with Crippen LogP contribution in [0.5, 0.6) is 0 Å². The minimum atomic E-state index is -3.81. The van der Waals surface area contributed by atoms with Gasteiger partial charge in [0.1, 0.15) is 0 Å². The summed E-state index contributed by atoms with van der Waals surface area (Å²) in [6.07, 6.45) is 2.65. The van der Waals surface area contributed by atoms with Crippen LogP contribution in [0, 0.1) is 5.92 Å². The van der Waals surface area contributed by atoms with Crippen LogP contribution in [0.1, 0.15) is 42.6 Å². The highest BCUT2D eigenvalue weighted by molar-refractivity contribution is 7.92. The number of fused-ring (bicyclic) bond motifs is 1. The van der Waals surface area contributed by atoms with E-state index in [1.807, 2.05) is 24.3 Å². The number of benzene rings is 2. The summed E-state index contributed by atoms with van der Waals surface area (Å²) in [7, 11) is -3.81. The number of anilines is 1. The highest BCUT2D eigenvalue weighted by Gasteiger charge is 2.30. The van der Waals surface area contributed by atoms with E-state index in [0.29, 0.717) is 30.7 Å². The molecule has 1 unspecified atom stereocenters. The Morgan fingerprint density at radius 1 is 1.19 bits per heavy atom. The van der Waals surface area contributed by atoms with Crippen molar-refractivity contribution in [1.82, 2.24) is 10.2 Å². The molecule has 2 aromatic carbocycles. The quantitative estimate of drug-likeness (QED) is 0.687. The van der Waals surface area contributed by atoms with Crippen LogP contribution in [0.4, 0.5) is 5.69 Å². The number of carbonyl (C=O) groups is 1. The maximum Gasteiger partial charge on any atom is 0.264 e. The lowest BCUT2D eigenvalue weighted by Gasteiger charge is -2.30. The van der Waals surface area contributed by atoms with Gasteiger partial charge in [0.25, 0.3) is 15.9 Å². The molecular weight excluding hydrogens is 446 g/mol. The molecule has 0 bridgehead atoms. The van der Waals surface area contributed by atoms with E-state index in [9.17, 15) is 13.2 Å². The van der Waals surface area contributed by atoms with Gasteiger partial charge in [0.15, 0.2) is 0 Å². The Morgan fingerprint density at radius 2 is 1.97 bits per heavy atom. The third kappa shape index (κ3) is 4.65. The molecule has 0 aliphatic carbocycles. The number of hydrogen-bond acceptors (Lipinski definition) is 4. The molecule has 6 nitrogen and oxygen atoms in total. The number of carbonyl (C=O) groups excluding carboxylic acids is 1. The Balaban J connectivity index is 1.52. The fourth-order valence-electron chi connectivity index (χ4n) is 4.55. The van der Waals surface area contributed by atoms with Gasteiger partial charge < -0.3 is 10.2 Å². The second-order valence-electron chi connectivity index (χ2n) is 8.90. The number of hydrogen-bond donors (Lipinski definition) is 1. The second-order valence-corrected chi connectivity index (χ2v) is 11.2. The van der Waals surface area contributed by atoms with Gasteiger partial charge in [-0.3, -0.25) is 9.10 Å². The minimum Gasteiger partial charge on any atom is -0.352 e. The fourth-order valence-corrected chi connectivity index (χ4v) is 6.32. The minimum absolute atomic E-state index is 0.0793. The number of aryl methyl sites for hydroxylation is 1. The third-order valence-corrected chi connectivity index (χ3v) is 8.58. The van der Waals surface area contributed by atoms with E-state index in [-0.39, 0.29) is 21.4 Å². The van der Waals surface area contributed by atoms with Crippen molar-refractivity contribution in [2.75, 3.05) is 30.5 Å². The average molecular weight is 476 g/mol. The number of nitrogens with zero attached hydrogens (tertiary/aromatic N) is 2. The number of nitrogens with one attached hydrogen (secondary N) is 1. The van der Waals surface area contributed by atoms with Gasteiger partial charge in [-0.15, -0.1) is 0 Å². The largest absolute Gasteiger partial charge is 0.352 e. The van der Waals surface area contributed by atoms with E-state index in [1.54, 1.807) is 0 Å². The zero-order valence-electron chi connectivity index (χ0n) is 18.6. The number of rotatable bonds is 6. The molecule has 8 heteroatoms. The number of amides is 1. The summed E-state index contributed by atoms with van der Waals surface area (Å²) in [6.45, 7) is 7.30. The standard InChI is InChI=1S/C24H30ClN3O3S/c1-17(2)27-13-11-18(16-27)15-26-24(29)21-14-20(9-10-22(21)25)32(30,31)28-12-5-7-19-6-3-4-8-23(19)28/h3-4,6,8-10,14,17-18H,5,7,11-13,15-16H2,1-2H3,(H,26,29). The first-order chi connectivity index (χ1) is 15.3. The SMILES string of the molecule is CC(C)N1CCC(CNC(=O)c2cc(S(=O)(=O)N3CCCc4ccccc43)ccc2Cl)C1. The van der Waals surface area contributed by atoms with Crippen molar-refractivity contribution >= 4 is 33.2 Å². The summed E-state index contributed by atoms with van der Waals surface area (Å²) in [5.74, 6) is 0.0472. The van der Waals surface area contributed by atoms with Crippen LogP contribution >= 0.6 is 11.6 Å². The number of sulfonamides is 1. The maximum atomic E-state index is 13.4. The van der Waals surface area contributed by atoms with E-state index in [2.05, 4.69) is 24.1 Å². The molecule has 1 N–H and O–H groups in total. The van der Waals surface area contributed by atoms with Gasteiger partial charge in [-0.1, -0.05) is 29.8 Å². The van der Waals surface area contributed by atoms with Crippen LogP contribution in [-0.2, 0) is 16.4 Å². The van der Waals surface area contributed by atoms with Crippen molar-refractivity contribution < 1.29 is 13.2 Å². The fraction of sp³-hybridized carbons (Fsp3) is 0.458. The first-order valence-corrected chi connectivity index (χ1v) is 13.0. The lowest BCUT2D eigenvalue weighted by Crippen LogP contribution is -2.36. The summed E-state index contributed by atoms with van der Waals surface area (Å²) in [4.78, 5) is 15.3. The molecule has 172 valence electrons. The summed E-state index contributed by atoms with van der Waals surface area (Å²) in [6, 6.07) is 12.4. The first kappa shape index (κ1) is 23.1. The van der Waals surface area contributed by atoms with Crippen molar-refractivity contribution in [1.29, 1.82) is 0 Å². The zero-order valence-corrected chi connectivity index (χ0v) is 20.1. The molecule has 0 saturated carbocycles. The molecule has 0 aromatic heterocycles. The topological polar surface area (TPSA) is 69.7 Å². The Kier molecular flexibility index (Phi) is 6.79. The molecular formula is C24H30ClN3O3S. The number of para-hydroxylation sites is 1. The van der Waals surface area contributed by atoms with Crippen LogP contribution in [-0.4, -0.2) is 51.4 Å². The zero-order chi connectivity index (χ0) is 22.9. The molecule has 2 aliphatic rings. The summed E-state index contributed by atoms with van der Waals surface area (Å²) < 4.78 is 28.3. The molecule has 2 aromatic rings. The van der Waals surface area contributed by atoms with Crippen molar-refractivity contribution in [3.63, 3.8) is 0 Å². The van der Waals surface area contributed by atoms with Gasteiger partial charge in [-0.05, 0) is 75.4 Å². The summed E-state index contributed by atoms with van der Waals surface area (Å²) in [5.41, 5.74) is 1.91. The van der Waals surface area contributed by atoms with Crippen LogP contribution < -0.4 is 9.62 Å². The number of halogens is 1. The Morgan fingerprint density at radius 3 is 2.72 bits per heavy atom. The predicted molar refractivity (Wildman–Crippen MR) is 128 cm³/mol. The van der Waals surface area contributed by atoms with Gasteiger partial charge >= 0.3 is 0 Å². The van der Waals surface area contributed by atoms with E-state index >= 15 is 0 Å². The molecule has 1 saturated heterocycles. The summed E-state index contributed by atoms with van der Waals surface area (Å²) >= 11 is 6.29. The monoisotopic (exact) mass is 475 g/mol. The first-order valence-electron chi connectivity index (χ1n) is 11.2. The Bertz CT molecular complexity index is 1100. The predicted octanol–water partition coefficient (Wildman–Crippen LogP) is 3.94. The highest BCUT2D eigenvalue weighted by atomic mass is 35.5. The highest BCUT2D eigenvalue weighted by Crippen LogP contribution is 2.32. The number of likely N-dealkylation sites (tertiary alicyclic amines) is 1. The van der Waals surface area contributed by atoms with Crippen LogP contribution in [0.3, 0.4) is 0 Å². The van der Waals surface area contributed by atoms with Crippen LogP contribution in [0.2, 0.25) is 5.02 Å². The van der Waals surface area contributed by atoms with Gasteiger partial charge in [0, 0.05) is 25.7 Å². The average Bonchev–Trinajstić information content (AvgIpc) is 3.27. The van der Waals surface area contributed by atoms with Crippen LogP contribution in [0.15, 0.2) is 47.4 Å². The van der Waals surface area contributed by atoms with Crippen molar-refractivity contribution in [2.45, 2.75) is 44.0 Å². The molecule has 1 atom stereocenters. The van der Waals surface area contributed by atoms with Crippen molar-refractivity contribution in [2.24, 2.45) is 5.92 Å². The lowest BCUT2D eigenvalue weighted by molar-refractivity contribution is 0.0947. The van der Waals surface area contributed by atoms with Gasteiger partial charge in [-0.2, -0.15) is 0 Å². The Hall–Kier alpha value is -2.09. The molecule has 1 amide bonds. The second kappa shape index (κ2) is 9.41. The molecule has 0 radical (unpaired) electrons. The van der Waals surface area contributed by atoms with Crippen LogP contribution in [0.25, 0.3) is 0 Å². The molecule has 4 rings (SSSR count). The molecule has 1 fully saturated rings. The normalized spacial score (nSPS) is 19.2. The molecule has 2 heterocycles. The third-order valence-electron chi connectivity index (χ3n) is 6.44. The maximum absolute atomic E-state index is 13.4. The van der Waals surface area contributed by atoms with E-state index in [0.717, 1.165) is 37.9 Å². The van der Waals surface area contributed by atoms with Gasteiger partial charge in [0.2, 0.25) is 0 Å². The summed E-state index contributed by atoms with van der Waals surface area (Å²) in [5, 5.41) is 3.20. The van der Waals surface area contributed by atoms with E-state index in [1.165, 1.54) is 22.5 Å². The van der Waals surface area contributed by atoms with E-state index < -0.39 is 10.0 Å².